The van der Waals surface area contributed by atoms with Gasteiger partial charge in [0.15, 0.2) is 0 Å². The van der Waals surface area contributed by atoms with E-state index in [1.54, 1.807) is 0 Å². The number of halogens is 1. The summed E-state index contributed by atoms with van der Waals surface area (Å²) in [6, 6.07) is 4.04. The molecule has 1 aromatic rings. The molecule has 120 valence electrons. The number of rotatable bonds is 6. The third kappa shape index (κ3) is 3.60. The van der Waals surface area contributed by atoms with Crippen molar-refractivity contribution in [2.24, 2.45) is 5.73 Å². The molecule has 8 heteroatoms. The molecule has 22 heavy (non-hydrogen) atoms. The van der Waals surface area contributed by atoms with Crippen molar-refractivity contribution in [2.75, 3.05) is 19.7 Å². The van der Waals surface area contributed by atoms with Crippen molar-refractivity contribution in [3.05, 3.63) is 35.4 Å². The number of carbonyl (C=O) groups excluding carboxylic acids is 1. The van der Waals surface area contributed by atoms with Crippen molar-refractivity contribution < 1.29 is 17.9 Å². The molecule has 1 heterocycles. The van der Waals surface area contributed by atoms with Gasteiger partial charge in [-0.15, -0.1) is 0 Å². The van der Waals surface area contributed by atoms with Gasteiger partial charge >= 0.3 is 0 Å². The molecule has 0 aromatic heterocycles. The van der Waals surface area contributed by atoms with Crippen molar-refractivity contribution in [3.8, 4) is 5.75 Å². The summed E-state index contributed by atoms with van der Waals surface area (Å²) in [5.74, 6) is -0.594. The zero-order valence-corrected chi connectivity index (χ0v) is 13.5. The number of carbonyl (C=O) groups is 1. The maximum absolute atomic E-state index is 12.5. The van der Waals surface area contributed by atoms with Crippen molar-refractivity contribution in [1.82, 2.24) is 4.31 Å². The van der Waals surface area contributed by atoms with Crippen molar-refractivity contribution >= 4 is 27.5 Å². The zero-order chi connectivity index (χ0) is 16.3. The van der Waals surface area contributed by atoms with Crippen LogP contribution in [0.15, 0.2) is 34.7 Å². The number of nitrogens with zero attached hydrogens (tertiary/aromatic N) is 1. The number of primary amides is 1. The van der Waals surface area contributed by atoms with Gasteiger partial charge < -0.3 is 10.5 Å². The number of hydrogen-bond acceptors (Lipinski definition) is 4. The molecule has 1 aromatic carbocycles. The Bertz CT molecular complexity index is 697. The van der Waals surface area contributed by atoms with Gasteiger partial charge in [-0.05, 0) is 31.0 Å². The highest BCUT2D eigenvalue weighted by Gasteiger charge is 2.28. The Labute approximate surface area is 134 Å². The van der Waals surface area contributed by atoms with Crippen LogP contribution in [0.1, 0.15) is 23.2 Å². The van der Waals surface area contributed by atoms with Crippen LogP contribution < -0.4 is 10.5 Å². The van der Waals surface area contributed by atoms with Crippen LogP contribution >= 0.6 is 11.6 Å². The summed E-state index contributed by atoms with van der Waals surface area (Å²) >= 11 is 5.61. The monoisotopic (exact) mass is 344 g/mol. The molecule has 0 atom stereocenters. The summed E-state index contributed by atoms with van der Waals surface area (Å²) in [6.45, 7) is 4.44. The third-order valence-corrected chi connectivity index (χ3v) is 5.31. The van der Waals surface area contributed by atoms with Gasteiger partial charge in [0.2, 0.25) is 10.0 Å². The average molecular weight is 345 g/mol. The fraction of sp³-hybridized carbons (Fsp3) is 0.357. The molecule has 0 bridgehead atoms. The van der Waals surface area contributed by atoms with Crippen molar-refractivity contribution in [2.45, 2.75) is 17.7 Å². The highest BCUT2D eigenvalue weighted by Crippen LogP contribution is 2.26. The topological polar surface area (TPSA) is 89.7 Å². The first-order valence-corrected chi connectivity index (χ1v) is 8.54. The lowest BCUT2D eigenvalue weighted by atomic mass is 10.2. The Hall–Kier alpha value is -1.57. The van der Waals surface area contributed by atoms with Gasteiger partial charge in [0.05, 0.1) is 10.5 Å². The lowest BCUT2D eigenvalue weighted by molar-refractivity contribution is 0.0996. The predicted molar refractivity (Wildman–Crippen MR) is 83.4 cm³/mol. The summed E-state index contributed by atoms with van der Waals surface area (Å²) in [6.07, 6.45) is 1.67. The molecule has 0 unspecified atom stereocenters. The molecule has 1 saturated heterocycles. The molecule has 0 radical (unpaired) electrons. The number of sulfonamides is 1. The van der Waals surface area contributed by atoms with Gasteiger partial charge in [-0.3, -0.25) is 4.79 Å². The summed E-state index contributed by atoms with van der Waals surface area (Å²) in [5.41, 5.74) is 5.30. The molecule has 0 aliphatic carbocycles. The molecule has 2 N–H and O–H groups in total. The Kier molecular flexibility index (Phi) is 5.10. The van der Waals surface area contributed by atoms with Crippen LogP contribution in [0, 0.1) is 0 Å². The first kappa shape index (κ1) is 16.8. The minimum absolute atomic E-state index is 0.0000568. The predicted octanol–water partition coefficient (Wildman–Crippen LogP) is 1.70. The quantitative estimate of drug-likeness (QED) is 0.850. The fourth-order valence-corrected chi connectivity index (χ4v) is 3.82. The SMILES string of the molecule is C=C(Cl)COc1ccc(S(=O)(=O)N2CCCC2)cc1C(N)=O. The van der Waals surface area contributed by atoms with Crippen molar-refractivity contribution in [3.63, 3.8) is 0 Å². The van der Waals surface area contributed by atoms with Gasteiger partial charge in [0.25, 0.3) is 5.91 Å². The first-order valence-electron chi connectivity index (χ1n) is 6.72. The van der Waals surface area contributed by atoms with Gasteiger partial charge in [0.1, 0.15) is 12.4 Å². The molecule has 1 aliphatic rings. The van der Waals surface area contributed by atoms with Gasteiger partial charge in [-0.2, -0.15) is 4.31 Å². The summed E-state index contributed by atoms with van der Waals surface area (Å²) in [5, 5.41) is 0.254. The molecule has 6 nitrogen and oxygen atoms in total. The van der Waals surface area contributed by atoms with E-state index in [2.05, 4.69) is 6.58 Å². The number of benzene rings is 1. The smallest absolute Gasteiger partial charge is 0.252 e. The van der Waals surface area contributed by atoms with E-state index in [0.29, 0.717) is 13.1 Å². The highest BCUT2D eigenvalue weighted by molar-refractivity contribution is 7.89. The highest BCUT2D eigenvalue weighted by atomic mass is 35.5. The lowest BCUT2D eigenvalue weighted by Gasteiger charge is -2.17. The van der Waals surface area contributed by atoms with E-state index in [0.717, 1.165) is 12.8 Å². The van der Waals surface area contributed by atoms with E-state index < -0.39 is 15.9 Å². The second-order valence-corrected chi connectivity index (χ2v) is 7.41. The Balaban J connectivity index is 2.36. The van der Waals surface area contributed by atoms with E-state index in [4.69, 9.17) is 22.1 Å². The third-order valence-electron chi connectivity index (χ3n) is 3.30. The molecule has 0 saturated carbocycles. The Morgan fingerprint density at radius 2 is 2.00 bits per heavy atom. The van der Waals surface area contributed by atoms with Crippen molar-refractivity contribution in [1.29, 1.82) is 0 Å². The van der Waals surface area contributed by atoms with E-state index in [1.807, 2.05) is 0 Å². The Morgan fingerprint density at radius 1 is 1.36 bits per heavy atom. The van der Waals surface area contributed by atoms with E-state index in [-0.39, 0.29) is 27.8 Å². The van der Waals surface area contributed by atoms with Crippen LogP contribution in [0.3, 0.4) is 0 Å². The number of ether oxygens (including phenoxy) is 1. The summed E-state index contributed by atoms with van der Waals surface area (Å²) in [7, 11) is -3.62. The number of hydrogen-bond donors (Lipinski definition) is 1. The second-order valence-electron chi connectivity index (χ2n) is 4.94. The molecule has 0 spiro atoms. The van der Waals surface area contributed by atoms with Crippen LogP contribution in [-0.4, -0.2) is 38.3 Å². The lowest BCUT2D eigenvalue weighted by Crippen LogP contribution is -2.28. The standard InChI is InChI=1S/C14H17ClN2O4S/c1-10(15)9-21-13-5-4-11(8-12(13)14(16)18)22(19,20)17-6-2-3-7-17/h4-5,8H,1-3,6-7,9H2,(H2,16,18). The minimum Gasteiger partial charge on any atom is -0.487 e. The molecule has 1 amide bonds. The molecular formula is C14H17ClN2O4S. The molecule has 1 fully saturated rings. The van der Waals surface area contributed by atoms with Crippen LogP contribution in [0.5, 0.6) is 5.75 Å². The molecule has 1 aliphatic heterocycles. The Morgan fingerprint density at radius 3 is 2.55 bits per heavy atom. The van der Waals surface area contributed by atoms with Crippen LogP contribution in [-0.2, 0) is 10.0 Å². The number of nitrogens with two attached hydrogens (primary N) is 1. The van der Waals surface area contributed by atoms with Gasteiger partial charge in [-0.1, -0.05) is 18.2 Å². The van der Waals surface area contributed by atoms with Gasteiger partial charge in [-0.25, -0.2) is 8.42 Å². The first-order chi connectivity index (χ1) is 10.3. The summed E-state index contributed by atoms with van der Waals surface area (Å²) < 4.78 is 31.7. The van der Waals surface area contributed by atoms with Crippen LogP contribution in [0.2, 0.25) is 0 Å². The normalized spacial score (nSPS) is 15.7. The maximum Gasteiger partial charge on any atom is 0.252 e. The van der Waals surface area contributed by atoms with Gasteiger partial charge in [0, 0.05) is 18.1 Å². The van der Waals surface area contributed by atoms with E-state index >= 15 is 0 Å². The number of amides is 1. The maximum atomic E-state index is 12.5. The van der Waals surface area contributed by atoms with E-state index in [1.165, 1.54) is 22.5 Å². The molecular weight excluding hydrogens is 328 g/mol. The second kappa shape index (κ2) is 6.68. The van der Waals surface area contributed by atoms with E-state index in [9.17, 15) is 13.2 Å². The van der Waals surface area contributed by atoms with Crippen LogP contribution in [0.4, 0.5) is 0 Å². The summed E-state index contributed by atoms with van der Waals surface area (Å²) in [4.78, 5) is 11.6. The van der Waals surface area contributed by atoms with Crippen LogP contribution in [0.25, 0.3) is 0 Å². The largest absolute Gasteiger partial charge is 0.487 e. The fourth-order valence-electron chi connectivity index (χ4n) is 2.22. The zero-order valence-electron chi connectivity index (χ0n) is 11.9. The molecule has 2 rings (SSSR count). The average Bonchev–Trinajstić information content (AvgIpc) is 2.99. The minimum atomic E-state index is -3.62.